The molecule has 18 N–H and O–H groups in total. The Kier molecular flexibility index (Phi) is 42.1. The summed E-state index contributed by atoms with van der Waals surface area (Å²) in [6, 6.07) is 35.6. The molecule has 0 amide bonds. The molecule has 0 bridgehead atoms. The van der Waals surface area contributed by atoms with E-state index < -0.39 is 0 Å². The predicted molar refractivity (Wildman–Crippen MR) is 486 cm³/mol. The molecule has 0 fully saturated rings. The van der Waals surface area contributed by atoms with Gasteiger partial charge < -0.3 is 94.9 Å². The van der Waals surface area contributed by atoms with Gasteiger partial charge in [-0.3, -0.25) is 0 Å². The Balaban J connectivity index is 0.000000242. The molecule has 0 spiro atoms. The van der Waals surface area contributed by atoms with Crippen LogP contribution < -0.4 is 80.5 Å². The number of rotatable bonds is 46. The van der Waals surface area contributed by atoms with Crippen LogP contribution in [0, 0.1) is 41.5 Å². The lowest BCUT2D eigenvalue weighted by Gasteiger charge is -2.21. The van der Waals surface area contributed by atoms with Crippen molar-refractivity contribution >= 4 is 117 Å². The standard InChI is InChI=1S/C32H46Cl2N6O3.C27H37Cl2N7O.C26H34Cl2N6OS/c1-22-10-6-11-23(2)30(22)43-21-24(3)38-15-9-19-42-17-5-4-16-41-18-8-14-37-20-27-28(31(35)40-32(36)39-27)25-12-7-13-26(33)29(25)34;1-17-7-5-8-18(2)25(17)37-16-19(3)33-12-14-36(4)13-11-32-15-22-23(26(30)35-27(31)34-22)20-9-6-10-21(28)24(20)29;1-16-6-4-7-17(2)24(16)35-15-18(3)32-11-13-36-12-10-31-14-21-22(25(29)34-26(30)33-21)19-8-5-9-20(27)23(19)28/h6-7,10-13,24,37-38H,4-5,8-9,14-21H2,1-3H3,(H4,35,36,39,40);5-10,19,32-33H,11-16H2,1-4H3,(H4,30,31,34,35);4-9,18,31-32H,10-15H2,1-3H3,(H4,29,30,33,34). The number of thioether (sulfide) groups is 1. The average molecular weight is 1730 g/mol. The van der Waals surface area contributed by atoms with Gasteiger partial charge in [-0.2, -0.15) is 26.7 Å². The van der Waals surface area contributed by atoms with Crippen LogP contribution >= 0.6 is 81.4 Å². The lowest BCUT2D eigenvalue weighted by molar-refractivity contribution is 0.100. The number of anilines is 6. The Hall–Kier alpha value is -7.51. The molecular weight excluding hydrogens is 1610 g/mol. The summed E-state index contributed by atoms with van der Waals surface area (Å²) < 4.78 is 29.6. The smallest absolute Gasteiger partial charge is 0.222 e. The summed E-state index contributed by atoms with van der Waals surface area (Å²) in [6.07, 6.45) is 3.79. The highest BCUT2D eigenvalue weighted by molar-refractivity contribution is 7.99. The van der Waals surface area contributed by atoms with Crippen LogP contribution in [0.1, 0.15) is 96.9 Å². The summed E-state index contributed by atoms with van der Waals surface area (Å²) in [5, 5.41) is 23.3. The van der Waals surface area contributed by atoms with Gasteiger partial charge in [-0.25, -0.2) is 15.0 Å². The first-order valence-electron chi connectivity index (χ1n) is 39.1. The summed E-state index contributed by atoms with van der Waals surface area (Å²) in [7, 11) is 2.10. The lowest BCUT2D eigenvalue weighted by Crippen LogP contribution is -2.39. The Morgan fingerprint density at radius 1 is 0.371 bits per heavy atom. The van der Waals surface area contributed by atoms with Crippen LogP contribution in [0.15, 0.2) is 109 Å². The highest BCUT2D eigenvalue weighted by Crippen LogP contribution is 2.41. The number of halogens is 6. The van der Waals surface area contributed by atoms with Crippen molar-refractivity contribution in [2.24, 2.45) is 0 Å². The second kappa shape index (κ2) is 51.1. The molecule has 3 atom stereocenters. The van der Waals surface area contributed by atoms with Crippen molar-refractivity contribution in [3.05, 3.63) is 190 Å². The zero-order chi connectivity index (χ0) is 84.1. The van der Waals surface area contributed by atoms with Crippen molar-refractivity contribution in [2.75, 3.05) is 152 Å². The van der Waals surface area contributed by atoms with Gasteiger partial charge in [0.05, 0.1) is 47.2 Å². The summed E-state index contributed by atoms with van der Waals surface area (Å²) in [4.78, 5) is 27.8. The predicted octanol–water partition coefficient (Wildman–Crippen LogP) is 15.4. The molecule has 31 heteroatoms. The molecule has 24 nitrogen and oxygen atoms in total. The summed E-state index contributed by atoms with van der Waals surface area (Å²) in [5.74, 6) is 6.10. The third-order valence-corrected chi connectivity index (χ3v) is 22.0. The number of para-hydroxylation sites is 3. The van der Waals surface area contributed by atoms with Gasteiger partial charge in [0.25, 0.3) is 0 Å². The van der Waals surface area contributed by atoms with E-state index in [9.17, 15) is 0 Å². The van der Waals surface area contributed by atoms with Crippen LogP contribution in [0.2, 0.25) is 30.1 Å². The molecule has 3 heterocycles. The van der Waals surface area contributed by atoms with E-state index in [4.69, 9.17) is 128 Å². The minimum absolute atomic E-state index is 0.115. The van der Waals surface area contributed by atoms with Crippen LogP contribution in [0.4, 0.5) is 35.3 Å². The van der Waals surface area contributed by atoms with E-state index in [0.29, 0.717) is 127 Å². The van der Waals surface area contributed by atoms with Crippen molar-refractivity contribution < 1.29 is 23.7 Å². The normalized spacial score (nSPS) is 12.1. The van der Waals surface area contributed by atoms with Gasteiger partial charge in [0.15, 0.2) is 0 Å². The molecule has 9 aromatic rings. The first-order chi connectivity index (χ1) is 55.7. The number of nitrogens with one attached hydrogen (secondary N) is 6. The SMILES string of the molecule is Cc1cccc(C)c1OCC(C)NCCCOCCCCOCCCNCc1nc(N)nc(N)c1-c1cccc(Cl)c1Cl.Cc1cccc(C)c1OCC(C)NCCN(C)CCNCc1nc(N)nc(N)c1-c1cccc(Cl)c1Cl.Cc1cccc(C)c1OCC(C)NCCSCCNCc1nc(N)nc(N)c1-c1cccc(Cl)c1Cl. The lowest BCUT2D eigenvalue weighted by atomic mass is 10.0. The Morgan fingerprint density at radius 3 is 1.05 bits per heavy atom. The first kappa shape index (κ1) is 95.6. The van der Waals surface area contributed by atoms with Gasteiger partial charge in [-0.1, -0.05) is 161 Å². The van der Waals surface area contributed by atoms with E-state index in [0.717, 1.165) is 138 Å². The number of aryl methyl sites for hydroxylation is 6. The van der Waals surface area contributed by atoms with Gasteiger partial charge in [0.2, 0.25) is 17.8 Å². The monoisotopic (exact) mass is 1730 g/mol. The molecule has 630 valence electrons. The number of aromatic nitrogens is 6. The summed E-state index contributed by atoms with van der Waals surface area (Å²) in [6.45, 7) is 31.9. The van der Waals surface area contributed by atoms with Crippen molar-refractivity contribution in [3.63, 3.8) is 0 Å². The number of hydrogen-bond acceptors (Lipinski definition) is 25. The van der Waals surface area contributed by atoms with E-state index in [1.165, 1.54) is 22.3 Å². The average Bonchev–Trinajstić information content (AvgIpc) is 0.801. The van der Waals surface area contributed by atoms with E-state index in [-0.39, 0.29) is 53.4 Å². The quantitative estimate of drug-likeness (QED) is 0.0158. The molecule has 0 saturated carbocycles. The van der Waals surface area contributed by atoms with Crippen molar-refractivity contribution in [3.8, 4) is 50.6 Å². The largest absolute Gasteiger partial charge is 0.491 e. The maximum Gasteiger partial charge on any atom is 0.222 e. The van der Waals surface area contributed by atoms with Crippen LogP contribution in [0.25, 0.3) is 33.4 Å². The molecule has 9 rings (SSSR count). The molecule has 0 aliphatic rings. The number of benzene rings is 6. The summed E-state index contributed by atoms with van der Waals surface area (Å²) >= 11 is 39.8. The fourth-order valence-electron chi connectivity index (χ4n) is 12.4. The summed E-state index contributed by atoms with van der Waals surface area (Å²) in [5.41, 5.74) is 49.1. The Labute approximate surface area is 719 Å². The van der Waals surface area contributed by atoms with Gasteiger partial charge >= 0.3 is 0 Å². The number of likely N-dealkylation sites (N-methyl/N-ethyl adjacent to an activating group) is 1. The molecular formula is C85H117Cl6N19O5S. The van der Waals surface area contributed by atoms with Gasteiger partial charge in [0, 0.05) is 148 Å². The Morgan fingerprint density at radius 2 is 0.672 bits per heavy atom. The van der Waals surface area contributed by atoms with Crippen LogP contribution in [-0.4, -0.2) is 170 Å². The van der Waals surface area contributed by atoms with E-state index in [1.54, 1.807) is 18.2 Å². The number of nitrogens with zero attached hydrogens (tertiary/aromatic N) is 7. The molecule has 0 saturated heterocycles. The minimum atomic E-state index is 0.115. The van der Waals surface area contributed by atoms with Crippen LogP contribution in [-0.2, 0) is 29.1 Å². The maximum atomic E-state index is 6.43. The first-order valence-corrected chi connectivity index (χ1v) is 42.5. The fraction of sp³-hybridized carbons (Fsp3) is 0.435. The third-order valence-electron chi connectivity index (χ3n) is 18.5. The van der Waals surface area contributed by atoms with Crippen molar-refractivity contribution in [2.45, 2.75) is 126 Å². The molecule has 0 radical (unpaired) electrons. The number of nitrogens with two attached hydrogens (primary N) is 6. The number of nitrogen functional groups attached to an aromatic ring is 6. The molecule has 0 aliphatic heterocycles. The van der Waals surface area contributed by atoms with Crippen LogP contribution in [0.5, 0.6) is 17.2 Å². The molecule has 6 aromatic carbocycles. The fourth-order valence-corrected chi connectivity index (χ4v) is 14.4. The number of unbranched alkanes of at least 4 members (excludes halogenated alkanes) is 1. The number of hydrogen-bond donors (Lipinski definition) is 12. The molecule has 3 aromatic heterocycles. The maximum absolute atomic E-state index is 6.43. The van der Waals surface area contributed by atoms with E-state index in [2.05, 4.69) is 191 Å². The molecule has 0 aliphatic carbocycles. The second-order valence-corrected chi connectivity index (χ2v) is 32.0. The van der Waals surface area contributed by atoms with Gasteiger partial charge in [0.1, 0.15) is 54.5 Å². The zero-order valence-electron chi connectivity index (χ0n) is 68.4. The van der Waals surface area contributed by atoms with E-state index >= 15 is 0 Å². The van der Waals surface area contributed by atoms with E-state index in [1.807, 2.05) is 48.2 Å². The zero-order valence-corrected chi connectivity index (χ0v) is 73.8. The second-order valence-electron chi connectivity index (χ2n) is 28.4. The topological polar surface area (TPSA) is 355 Å². The van der Waals surface area contributed by atoms with Crippen LogP contribution in [0.3, 0.4) is 0 Å². The third kappa shape index (κ3) is 31.7. The molecule has 3 unspecified atom stereocenters. The highest BCUT2D eigenvalue weighted by atomic mass is 35.5. The van der Waals surface area contributed by atoms with Gasteiger partial charge in [-0.15, -0.1) is 0 Å². The molecule has 116 heavy (non-hydrogen) atoms. The van der Waals surface area contributed by atoms with Crippen molar-refractivity contribution in [1.29, 1.82) is 0 Å². The van der Waals surface area contributed by atoms with Gasteiger partial charge in [-0.05, 0) is 160 Å². The van der Waals surface area contributed by atoms with Crippen molar-refractivity contribution in [1.82, 2.24) is 66.7 Å². The highest BCUT2D eigenvalue weighted by Gasteiger charge is 2.22. The Bertz CT molecular complexity index is 4460. The number of ether oxygens (including phenoxy) is 5. The minimum Gasteiger partial charge on any atom is -0.491 e.